The molecule has 1 amide bonds. The van der Waals surface area contributed by atoms with Crippen molar-refractivity contribution in [2.45, 2.75) is 31.7 Å². The van der Waals surface area contributed by atoms with Gasteiger partial charge in [0.15, 0.2) is 6.61 Å². The third-order valence-electron chi connectivity index (χ3n) is 5.00. The fourth-order valence-corrected chi connectivity index (χ4v) is 3.54. The van der Waals surface area contributed by atoms with E-state index < -0.39 is 0 Å². The van der Waals surface area contributed by atoms with Gasteiger partial charge in [0.2, 0.25) is 5.89 Å². The zero-order valence-electron chi connectivity index (χ0n) is 16.0. The first kappa shape index (κ1) is 19.1. The van der Waals surface area contributed by atoms with Crippen LogP contribution in [0.15, 0.2) is 59.4 Å². The number of ether oxygens (including phenoxy) is 1. The summed E-state index contributed by atoms with van der Waals surface area (Å²) in [7, 11) is 0. The van der Waals surface area contributed by atoms with E-state index in [2.05, 4.69) is 9.97 Å². The maximum absolute atomic E-state index is 13.9. The molecule has 1 aliphatic heterocycles. The van der Waals surface area contributed by atoms with Crippen molar-refractivity contribution in [3.63, 3.8) is 0 Å². The zero-order chi connectivity index (χ0) is 20.1. The van der Waals surface area contributed by atoms with Crippen LogP contribution in [0.4, 0.5) is 4.39 Å². The summed E-state index contributed by atoms with van der Waals surface area (Å²) in [5, 5.41) is 0. The van der Waals surface area contributed by atoms with Crippen molar-refractivity contribution in [2.24, 2.45) is 0 Å². The molecule has 1 saturated heterocycles. The average Bonchev–Trinajstić information content (AvgIpc) is 3.23. The van der Waals surface area contributed by atoms with E-state index >= 15 is 0 Å². The zero-order valence-corrected chi connectivity index (χ0v) is 16.0. The van der Waals surface area contributed by atoms with E-state index in [4.69, 9.17) is 9.15 Å². The van der Waals surface area contributed by atoms with E-state index in [1.54, 1.807) is 53.8 Å². The number of aromatic nitrogens is 2. The van der Waals surface area contributed by atoms with Gasteiger partial charge in [0, 0.05) is 19.2 Å². The summed E-state index contributed by atoms with van der Waals surface area (Å²) in [6.45, 7) is 0.565. The van der Waals surface area contributed by atoms with Crippen LogP contribution < -0.4 is 4.74 Å². The Morgan fingerprint density at radius 1 is 1.21 bits per heavy atom. The molecule has 1 unspecified atom stereocenters. The van der Waals surface area contributed by atoms with Crippen LogP contribution in [0.1, 0.15) is 42.5 Å². The van der Waals surface area contributed by atoms with E-state index in [9.17, 15) is 9.18 Å². The summed E-state index contributed by atoms with van der Waals surface area (Å²) >= 11 is 0. The van der Waals surface area contributed by atoms with Gasteiger partial charge in [-0.2, -0.15) is 0 Å². The lowest BCUT2D eigenvalue weighted by Crippen LogP contribution is -2.41. The third kappa shape index (κ3) is 4.62. The number of benzene rings is 1. The topological polar surface area (TPSA) is 68.5 Å². The summed E-state index contributed by atoms with van der Waals surface area (Å²) in [5.41, 5.74) is 0.552. The van der Waals surface area contributed by atoms with Crippen molar-refractivity contribution in [1.82, 2.24) is 14.9 Å². The monoisotopic (exact) mass is 395 g/mol. The molecule has 1 atom stereocenters. The van der Waals surface area contributed by atoms with Crippen LogP contribution in [0.3, 0.4) is 0 Å². The first-order valence-electron chi connectivity index (χ1n) is 9.71. The van der Waals surface area contributed by atoms with Gasteiger partial charge in [0.25, 0.3) is 5.91 Å². The van der Waals surface area contributed by atoms with Crippen molar-refractivity contribution < 1.29 is 18.3 Å². The molecule has 0 aliphatic carbocycles. The molecule has 0 radical (unpaired) electrons. The lowest BCUT2D eigenvalue weighted by molar-refractivity contribution is -0.137. The minimum absolute atomic E-state index is 0.0645. The predicted molar refractivity (Wildman–Crippen MR) is 104 cm³/mol. The number of piperidine rings is 1. The fourth-order valence-electron chi connectivity index (χ4n) is 3.54. The number of carbonyl (C=O) groups is 1. The van der Waals surface area contributed by atoms with E-state index in [-0.39, 0.29) is 24.4 Å². The molecule has 1 aliphatic rings. The third-order valence-corrected chi connectivity index (χ3v) is 5.00. The first-order valence-corrected chi connectivity index (χ1v) is 9.71. The molecule has 6 nitrogen and oxygen atoms in total. The van der Waals surface area contributed by atoms with Gasteiger partial charge in [-0.3, -0.25) is 9.78 Å². The number of nitrogens with zero attached hydrogens (tertiary/aromatic N) is 3. The van der Waals surface area contributed by atoms with Crippen molar-refractivity contribution in [2.75, 3.05) is 13.2 Å². The quantitative estimate of drug-likeness (QED) is 0.633. The van der Waals surface area contributed by atoms with Gasteiger partial charge in [-0.1, -0.05) is 18.2 Å². The Kier molecular flexibility index (Phi) is 5.84. The molecule has 0 N–H and O–H groups in total. The number of carbonyl (C=O) groups excluding carboxylic acids is 1. The summed E-state index contributed by atoms with van der Waals surface area (Å²) in [5.74, 6) is 1.23. The lowest BCUT2D eigenvalue weighted by atomic mass is 10.0. The van der Waals surface area contributed by atoms with Gasteiger partial charge < -0.3 is 14.1 Å². The Morgan fingerprint density at radius 3 is 2.93 bits per heavy atom. The molecule has 3 aromatic rings. The van der Waals surface area contributed by atoms with Crippen molar-refractivity contribution in [3.05, 3.63) is 78.0 Å². The second-order valence-electron chi connectivity index (χ2n) is 7.01. The number of rotatable bonds is 6. The fraction of sp³-hybridized carbons (Fsp3) is 0.318. The number of likely N-dealkylation sites (tertiary alicyclic amines) is 1. The molecule has 4 rings (SSSR count). The number of hydrogen-bond donors (Lipinski definition) is 0. The average molecular weight is 395 g/mol. The Labute approximate surface area is 168 Å². The van der Waals surface area contributed by atoms with E-state index in [0.717, 1.165) is 19.3 Å². The molecule has 1 fully saturated rings. The predicted octanol–water partition coefficient (Wildman–Crippen LogP) is 3.93. The van der Waals surface area contributed by atoms with Crippen LogP contribution in [0.25, 0.3) is 0 Å². The molecular weight excluding hydrogens is 373 g/mol. The van der Waals surface area contributed by atoms with Gasteiger partial charge in [-0.25, -0.2) is 9.37 Å². The van der Waals surface area contributed by atoms with Crippen LogP contribution in [0.2, 0.25) is 0 Å². The Hall–Kier alpha value is -3.22. The smallest absolute Gasteiger partial charge is 0.261 e. The van der Waals surface area contributed by atoms with Crippen LogP contribution in [0, 0.1) is 5.82 Å². The summed E-state index contributed by atoms with van der Waals surface area (Å²) in [4.78, 5) is 22.9. The maximum Gasteiger partial charge on any atom is 0.261 e. The summed E-state index contributed by atoms with van der Waals surface area (Å²) in [6, 6.07) is 9.89. The largest absolute Gasteiger partial charge is 0.482 e. The molecule has 0 spiro atoms. The number of hydrogen-bond acceptors (Lipinski definition) is 5. The van der Waals surface area contributed by atoms with Gasteiger partial charge >= 0.3 is 0 Å². The SMILES string of the molecule is O=C(COc1cccnc1)N1CCCCC1c1ncc(Cc2ccccc2F)o1. The molecular formula is C22H22FN3O3. The van der Waals surface area contributed by atoms with Crippen LogP contribution in [-0.4, -0.2) is 33.9 Å². The number of amides is 1. The van der Waals surface area contributed by atoms with Crippen LogP contribution >= 0.6 is 0 Å². The molecule has 0 bridgehead atoms. The summed E-state index contributed by atoms with van der Waals surface area (Å²) < 4.78 is 25.4. The molecule has 150 valence electrons. The Bertz CT molecular complexity index is 961. The van der Waals surface area contributed by atoms with Gasteiger partial charge in [-0.05, 0) is 43.0 Å². The number of pyridine rings is 1. The van der Waals surface area contributed by atoms with Gasteiger partial charge in [0.1, 0.15) is 23.4 Å². The Morgan fingerprint density at radius 2 is 2.10 bits per heavy atom. The van der Waals surface area contributed by atoms with Gasteiger partial charge in [0.05, 0.1) is 12.4 Å². The highest BCUT2D eigenvalue weighted by atomic mass is 19.1. The minimum atomic E-state index is -0.271. The molecule has 2 aromatic heterocycles. The van der Waals surface area contributed by atoms with Crippen LogP contribution in [0.5, 0.6) is 5.75 Å². The minimum Gasteiger partial charge on any atom is -0.482 e. The van der Waals surface area contributed by atoms with Gasteiger partial charge in [-0.15, -0.1) is 0 Å². The van der Waals surface area contributed by atoms with E-state index in [1.165, 1.54) is 6.07 Å². The van der Waals surface area contributed by atoms with E-state index in [1.807, 2.05) is 0 Å². The standard InChI is InChI=1S/C22H22FN3O3/c23-19-8-2-1-6-16(19)12-18-14-25-22(29-18)20-9-3-4-11-26(20)21(27)15-28-17-7-5-10-24-13-17/h1-2,5-8,10,13-14,20H,3-4,9,11-12,15H2. The van der Waals surface area contributed by atoms with E-state index in [0.29, 0.717) is 35.9 Å². The molecule has 1 aromatic carbocycles. The second-order valence-corrected chi connectivity index (χ2v) is 7.01. The highest BCUT2D eigenvalue weighted by Gasteiger charge is 2.31. The van der Waals surface area contributed by atoms with Crippen molar-refractivity contribution >= 4 is 5.91 Å². The number of oxazole rings is 1. The molecule has 29 heavy (non-hydrogen) atoms. The second kappa shape index (κ2) is 8.86. The van der Waals surface area contributed by atoms with Crippen LogP contribution in [-0.2, 0) is 11.2 Å². The normalized spacial score (nSPS) is 16.6. The Balaban J connectivity index is 1.44. The molecule has 7 heteroatoms. The first-order chi connectivity index (χ1) is 14.2. The maximum atomic E-state index is 13.9. The highest BCUT2D eigenvalue weighted by Crippen LogP contribution is 2.31. The molecule has 0 saturated carbocycles. The van der Waals surface area contributed by atoms with Crippen molar-refractivity contribution in [3.8, 4) is 5.75 Å². The highest BCUT2D eigenvalue weighted by molar-refractivity contribution is 5.78. The number of halogens is 1. The lowest BCUT2D eigenvalue weighted by Gasteiger charge is -2.33. The molecule has 3 heterocycles. The van der Waals surface area contributed by atoms with Crippen molar-refractivity contribution in [1.29, 1.82) is 0 Å². The summed E-state index contributed by atoms with van der Waals surface area (Å²) in [6.07, 6.45) is 7.86.